The fraction of sp³-hybridized carbons (Fsp3) is 0.333. The van der Waals surface area contributed by atoms with Crippen LogP contribution in [0.1, 0.15) is 24.2 Å². The van der Waals surface area contributed by atoms with Gasteiger partial charge in [-0.3, -0.25) is 4.79 Å². The van der Waals surface area contributed by atoms with Crippen molar-refractivity contribution in [1.82, 2.24) is 9.97 Å². The molecular formula is C15H15F3N4O3. The molecule has 134 valence electrons. The summed E-state index contributed by atoms with van der Waals surface area (Å²) >= 11 is 0. The molecule has 1 aromatic carbocycles. The molecule has 0 saturated carbocycles. The van der Waals surface area contributed by atoms with Crippen LogP contribution >= 0.6 is 0 Å². The highest BCUT2D eigenvalue weighted by atomic mass is 19.4. The molecule has 4 N–H and O–H groups in total. The minimum absolute atomic E-state index is 0.0227. The van der Waals surface area contributed by atoms with Gasteiger partial charge in [-0.1, -0.05) is 11.6 Å². The van der Waals surface area contributed by atoms with E-state index in [1.165, 1.54) is 6.07 Å². The van der Waals surface area contributed by atoms with E-state index in [4.69, 9.17) is 5.73 Å². The number of hydrogen-bond acceptors (Lipinski definition) is 5. The van der Waals surface area contributed by atoms with Gasteiger partial charge in [-0.25, -0.2) is 14.8 Å². The second kappa shape index (κ2) is 6.91. The van der Waals surface area contributed by atoms with Gasteiger partial charge in [-0.15, -0.1) is 0 Å². The van der Waals surface area contributed by atoms with Gasteiger partial charge in [0.25, 0.3) is 0 Å². The Bertz CT molecular complexity index is 824. The van der Waals surface area contributed by atoms with Crippen LogP contribution in [0.15, 0.2) is 18.2 Å². The van der Waals surface area contributed by atoms with Gasteiger partial charge in [0, 0.05) is 11.8 Å². The lowest BCUT2D eigenvalue weighted by Gasteiger charge is -2.17. The van der Waals surface area contributed by atoms with Crippen LogP contribution in [-0.2, 0) is 15.8 Å². The third-order valence-corrected chi connectivity index (χ3v) is 3.39. The fourth-order valence-corrected chi connectivity index (χ4v) is 2.19. The maximum absolute atomic E-state index is 13.0. The van der Waals surface area contributed by atoms with E-state index in [0.29, 0.717) is 0 Å². The lowest BCUT2D eigenvalue weighted by molar-refractivity contribution is -0.144. The van der Waals surface area contributed by atoms with Crippen molar-refractivity contribution >= 4 is 28.6 Å². The number of alkyl halides is 3. The van der Waals surface area contributed by atoms with Crippen LogP contribution in [0, 0.1) is 6.92 Å². The van der Waals surface area contributed by atoms with Crippen molar-refractivity contribution in [2.24, 2.45) is 5.73 Å². The molecule has 10 heteroatoms. The predicted molar refractivity (Wildman–Crippen MR) is 82.8 cm³/mol. The number of primary amides is 1. The van der Waals surface area contributed by atoms with Crippen LogP contribution in [0.25, 0.3) is 10.9 Å². The third kappa shape index (κ3) is 4.55. The number of aromatic nitrogens is 2. The summed E-state index contributed by atoms with van der Waals surface area (Å²) in [4.78, 5) is 29.1. The zero-order chi connectivity index (χ0) is 18.8. The predicted octanol–water partition coefficient (Wildman–Crippen LogP) is 2.09. The summed E-state index contributed by atoms with van der Waals surface area (Å²) in [5.41, 5.74) is 5.75. The van der Waals surface area contributed by atoms with E-state index in [2.05, 4.69) is 15.3 Å². The van der Waals surface area contributed by atoms with Crippen LogP contribution in [0.5, 0.6) is 0 Å². The first-order valence-electron chi connectivity index (χ1n) is 7.21. The maximum atomic E-state index is 13.0. The fourth-order valence-electron chi connectivity index (χ4n) is 2.19. The van der Waals surface area contributed by atoms with E-state index in [1.807, 2.05) is 0 Å². The summed E-state index contributed by atoms with van der Waals surface area (Å²) < 4.78 is 39.0. The number of carbonyl (C=O) groups excluding carboxylic acids is 1. The third-order valence-electron chi connectivity index (χ3n) is 3.39. The minimum atomic E-state index is -4.79. The molecule has 0 radical (unpaired) electrons. The van der Waals surface area contributed by atoms with Gasteiger partial charge in [0.15, 0.2) is 0 Å². The lowest BCUT2D eigenvalue weighted by atomic mass is 10.1. The van der Waals surface area contributed by atoms with Crippen LogP contribution < -0.4 is 11.1 Å². The smallest absolute Gasteiger partial charge is 0.451 e. The molecule has 2 rings (SSSR count). The molecule has 0 aliphatic rings. The van der Waals surface area contributed by atoms with Crippen molar-refractivity contribution in [3.63, 3.8) is 0 Å². The standard InChI is InChI=1S/C15H15F3N4O3/c1-7-2-3-9-8(6-7)12(22-14(21-9)15(16,17)18)20-10(13(24)25)4-5-11(19)23/h2-3,6,10H,4-5H2,1H3,(H2,19,23)(H,24,25)(H,20,21,22). The zero-order valence-corrected chi connectivity index (χ0v) is 13.1. The van der Waals surface area contributed by atoms with Crippen molar-refractivity contribution in [1.29, 1.82) is 0 Å². The van der Waals surface area contributed by atoms with Gasteiger partial charge in [0.1, 0.15) is 11.9 Å². The SMILES string of the molecule is Cc1ccc2nc(C(F)(F)F)nc(NC(CCC(N)=O)C(=O)O)c2c1. The number of fused-ring (bicyclic) bond motifs is 1. The summed E-state index contributed by atoms with van der Waals surface area (Å²) in [6.45, 7) is 1.72. The second-order valence-corrected chi connectivity index (χ2v) is 5.45. The number of hydrogen-bond donors (Lipinski definition) is 3. The number of nitrogens with zero attached hydrogens (tertiary/aromatic N) is 2. The zero-order valence-electron chi connectivity index (χ0n) is 13.1. The number of benzene rings is 1. The molecule has 0 aliphatic carbocycles. The Labute approximate surface area is 140 Å². The number of carboxylic acids is 1. The van der Waals surface area contributed by atoms with Gasteiger partial charge in [0.2, 0.25) is 11.7 Å². The Morgan fingerprint density at radius 3 is 2.56 bits per heavy atom. The summed E-state index contributed by atoms with van der Waals surface area (Å²) in [6.07, 6.45) is -5.22. The summed E-state index contributed by atoms with van der Waals surface area (Å²) in [7, 11) is 0. The van der Waals surface area contributed by atoms with Crippen molar-refractivity contribution in [3.8, 4) is 0 Å². The minimum Gasteiger partial charge on any atom is -0.480 e. The number of rotatable bonds is 6. The molecule has 0 fully saturated rings. The average molecular weight is 356 g/mol. The molecule has 1 unspecified atom stereocenters. The molecule has 0 aliphatic heterocycles. The van der Waals surface area contributed by atoms with Gasteiger partial charge in [-0.05, 0) is 25.5 Å². The normalized spacial score (nSPS) is 12.8. The summed E-state index contributed by atoms with van der Waals surface area (Å²) in [5.74, 6) is -3.70. The Morgan fingerprint density at radius 2 is 2.00 bits per heavy atom. The Balaban J connectivity index is 2.51. The number of carboxylic acid groups (broad SMARTS) is 1. The highest BCUT2D eigenvalue weighted by Gasteiger charge is 2.36. The largest absolute Gasteiger partial charge is 0.480 e. The van der Waals surface area contributed by atoms with Crippen LogP contribution in [-0.4, -0.2) is 33.0 Å². The van der Waals surface area contributed by atoms with Crippen molar-refractivity contribution in [2.45, 2.75) is 32.0 Å². The highest BCUT2D eigenvalue weighted by molar-refractivity contribution is 5.91. The molecule has 0 spiro atoms. The maximum Gasteiger partial charge on any atom is 0.451 e. The van der Waals surface area contributed by atoms with Crippen molar-refractivity contribution in [2.75, 3.05) is 5.32 Å². The molecule has 25 heavy (non-hydrogen) atoms. The van der Waals surface area contributed by atoms with Crippen LogP contribution in [0.3, 0.4) is 0 Å². The first kappa shape index (κ1) is 18.4. The molecule has 0 saturated heterocycles. The number of halogens is 3. The first-order chi connectivity index (χ1) is 11.6. The quantitative estimate of drug-likeness (QED) is 0.729. The van der Waals surface area contributed by atoms with Crippen LogP contribution in [0.4, 0.5) is 19.0 Å². The van der Waals surface area contributed by atoms with Crippen molar-refractivity contribution in [3.05, 3.63) is 29.6 Å². The molecule has 1 atom stereocenters. The van der Waals surface area contributed by atoms with Gasteiger partial charge in [0.05, 0.1) is 5.52 Å². The summed E-state index contributed by atoms with van der Waals surface area (Å²) in [5, 5.41) is 11.9. The number of aliphatic carboxylic acids is 1. The Morgan fingerprint density at radius 1 is 1.32 bits per heavy atom. The molecule has 0 bridgehead atoms. The molecular weight excluding hydrogens is 341 g/mol. The number of nitrogens with two attached hydrogens (primary N) is 1. The molecule has 1 amide bonds. The lowest BCUT2D eigenvalue weighted by Crippen LogP contribution is -2.31. The molecule has 2 aromatic rings. The summed E-state index contributed by atoms with van der Waals surface area (Å²) in [6, 6.07) is 3.20. The van der Waals surface area contributed by atoms with E-state index in [-0.39, 0.29) is 29.6 Å². The van der Waals surface area contributed by atoms with E-state index in [1.54, 1.807) is 19.1 Å². The number of amides is 1. The van der Waals surface area contributed by atoms with Gasteiger partial charge >= 0.3 is 12.1 Å². The topological polar surface area (TPSA) is 118 Å². The molecule has 1 aromatic heterocycles. The molecule has 1 heterocycles. The van der Waals surface area contributed by atoms with Gasteiger partial charge < -0.3 is 16.2 Å². The van der Waals surface area contributed by atoms with E-state index in [0.717, 1.165) is 5.56 Å². The number of carbonyl (C=O) groups is 2. The monoisotopic (exact) mass is 356 g/mol. The van der Waals surface area contributed by atoms with Crippen LogP contribution in [0.2, 0.25) is 0 Å². The second-order valence-electron chi connectivity index (χ2n) is 5.45. The molecule has 7 nitrogen and oxygen atoms in total. The van der Waals surface area contributed by atoms with E-state index in [9.17, 15) is 27.9 Å². The van der Waals surface area contributed by atoms with E-state index >= 15 is 0 Å². The van der Waals surface area contributed by atoms with E-state index < -0.39 is 29.9 Å². The van der Waals surface area contributed by atoms with Gasteiger partial charge in [-0.2, -0.15) is 13.2 Å². The average Bonchev–Trinajstić information content (AvgIpc) is 2.49. The first-order valence-corrected chi connectivity index (χ1v) is 7.21. The Kier molecular flexibility index (Phi) is 5.10. The van der Waals surface area contributed by atoms with Crippen molar-refractivity contribution < 1.29 is 27.9 Å². The highest BCUT2D eigenvalue weighted by Crippen LogP contribution is 2.31. The Hall–Kier alpha value is -2.91. The number of nitrogens with one attached hydrogen (secondary N) is 1. The number of aryl methyl sites for hydroxylation is 1. The number of anilines is 1.